The van der Waals surface area contributed by atoms with Crippen LogP contribution in [0.25, 0.3) is 0 Å². The third-order valence-electron chi connectivity index (χ3n) is 3.99. The average molecular weight is 423 g/mol. The molecular weight excluding hydrogens is 403 g/mol. The van der Waals surface area contributed by atoms with Crippen LogP contribution in [0, 0.1) is 13.8 Å². The van der Waals surface area contributed by atoms with Crippen molar-refractivity contribution in [3.05, 3.63) is 63.1 Å². The van der Waals surface area contributed by atoms with E-state index >= 15 is 0 Å². The number of nitrogens with one attached hydrogen (secondary N) is 2. The Labute approximate surface area is 173 Å². The fourth-order valence-electron chi connectivity index (χ4n) is 2.45. The summed E-state index contributed by atoms with van der Waals surface area (Å²) in [5.74, 6) is -1.78. The molecule has 2 aromatic rings. The molecule has 0 aliphatic rings. The lowest BCUT2D eigenvalue weighted by Crippen LogP contribution is -2.40. The first-order valence-electron chi connectivity index (χ1n) is 8.49. The van der Waals surface area contributed by atoms with Crippen LogP contribution in [0.15, 0.2) is 36.4 Å². The molecule has 1 unspecified atom stereocenters. The summed E-state index contributed by atoms with van der Waals surface area (Å²) >= 11 is 11.8. The van der Waals surface area contributed by atoms with Gasteiger partial charge in [0, 0.05) is 5.69 Å². The summed E-state index contributed by atoms with van der Waals surface area (Å²) in [4.78, 5) is 36.4. The molecule has 0 aliphatic heterocycles. The normalized spacial score (nSPS) is 11.5. The number of para-hydroxylation sites is 1. The number of benzene rings is 2. The molecule has 0 saturated carbocycles. The lowest BCUT2D eigenvalue weighted by molar-refractivity contribution is -0.130. The van der Waals surface area contributed by atoms with Crippen molar-refractivity contribution in [2.24, 2.45) is 0 Å². The number of esters is 1. The summed E-state index contributed by atoms with van der Waals surface area (Å²) in [6.07, 6.45) is -1.12. The Morgan fingerprint density at radius 1 is 1.04 bits per heavy atom. The molecule has 2 rings (SSSR count). The van der Waals surface area contributed by atoms with Crippen molar-refractivity contribution in [3.63, 3.8) is 0 Å². The maximum Gasteiger partial charge on any atom is 0.340 e. The standard InChI is InChI=1S/C20H20Cl2N2O4/c1-11-6-4-7-12(2)18(11)24-16(25)10-23-19(26)13(3)28-20(27)14-8-5-9-15(21)17(14)22/h4-9,13H,10H2,1-3H3,(H,23,26)(H,24,25). The van der Waals surface area contributed by atoms with Crippen LogP contribution in [0.2, 0.25) is 10.0 Å². The van der Waals surface area contributed by atoms with Crippen molar-refractivity contribution in [1.29, 1.82) is 0 Å². The van der Waals surface area contributed by atoms with Crippen molar-refractivity contribution in [1.82, 2.24) is 5.32 Å². The van der Waals surface area contributed by atoms with Gasteiger partial charge < -0.3 is 15.4 Å². The van der Waals surface area contributed by atoms with Gasteiger partial charge >= 0.3 is 5.97 Å². The molecular formula is C20H20Cl2N2O4. The van der Waals surface area contributed by atoms with Crippen molar-refractivity contribution >= 4 is 46.7 Å². The van der Waals surface area contributed by atoms with Crippen LogP contribution in [0.4, 0.5) is 5.69 Å². The zero-order chi connectivity index (χ0) is 20.8. The van der Waals surface area contributed by atoms with Gasteiger partial charge in [0.15, 0.2) is 6.10 Å². The lowest BCUT2D eigenvalue weighted by Gasteiger charge is -2.15. The summed E-state index contributed by atoms with van der Waals surface area (Å²) in [6, 6.07) is 10.2. The van der Waals surface area contributed by atoms with Gasteiger partial charge in [-0.15, -0.1) is 0 Å². The second kappa shape index (κ2) is 9.57. The number of carbonyl (C=O) groups excluding carboxylic acids is 3. The summed E-state index contributed by atoms with van der Waals surface area (Å²) in [7, 11) is 0. The van der Waals surface area contributed by atoms with Crippen LogP contribution in [-0.4, -0.2) is 30.4 Å². The van der Waals surface area contributed by atoms with Gasteiger partial charge in [0.1, 0.15) is 0 Å². The summed E-state index contributed by atoms with van der Waals surface area (Å²) in [5, 5.41) is 5.45. The van der Waals surface area contributed by atoms with E-state index in [9.17, 15) is 14.4 Å². The Balaban J connectivity index is 1.89. The number of anilines is 1. The smallest absolute Gasteiger partial charge is 0.340 e. The molecule has 0 heterocycles. The number of rotatable bonds is 6. The number of hydrogen-bond donors (Lipinski definition) is 2. The molecule has 0 aliphatic carbocycles. The fraction of sp³-hybridized carbons (Fsp3) is 0.250. The first-order chi connectivity index (χ1) is 13.2. The highest BCUT2D eigenvalue weighted by molar-refractivity contribution is 6.43. The maximum atomic E-state index is 12.2. The van der Waals surface area contributed by atoms with Crippen LogP contribution in [0.1, 0.15) is 28.4 Å². The number of halogens is 2. The maximum absolute atomic E-state index is 12.2. The van der Waals surface area contributed by atoms with Gasteiger partial charge in [-0.2, -0.15) is 0 Å². The molecule has 0 saturated heterocycles. The minimum atomic E-state index is -1.12. The first-order valence-corrected chi connectivity index (χ1v) is 9.25. The topological polar surface area (TPSA) is 84.5 Å². The quantitative estimate of drug-likeness (QED) is 0.690. The Morgan fingerprint density at radius 2 is 1.64 bits per heavy atom. The van der Waals surface area contributed by atoms with Crippen molar-refractivity contribution in [3.8, 4) is 0 Å². The molecule has 0 spiro atoms. The van der Waals surface area contributed by atoms with E-state index in [-0.39, 0.29) is 28.1 Å². The molecule has 2 amide bonds. The largest absolute Gasteiger partial charge is 0.449 e. The van der Waals surface area contributed by atoms with Crippen LogP contribution >= 0.6 is 23.2 Å². The van der Waals surface area contributed by atoms with Gasteiger partial charge in [-0.3, -0.25) is 9.59 Å². The van der Waals surface area contributed by atoms with E-state index in [1.54, 1.807) is 6.07 Å². The SMILES string of the molecule is Cc1cccc(C)c1NC(=O)CNC(=O)C(C)OC(=O)c1cccc(Cl)c1Cl. The van der Waals surface area contributed by atoms with E-state index in [1.807, 2.05) is 32.0 Å². The predicted molar refractivity (Wildman–Crippen MR) is 109 cm³/mol. The Kier molecular flexibility index (Phi) is 7.43. The molecule has 2 N–H and O–H groups in total. The van der Waals surface area contributed by atoms with Crippen molar-refractivity contribution in [2.45, 2.75) is 26.9 Å². The van der Waals surface area contributed by atoms with Gasteiger partial charge in [0.05, 0.1) is 22.2 Å². The summed E-state index contributed by atoms with van der Waals surface area (Å²) in [5.41, 5.74) is 2.60. The summed E-state index contributed by atoms with van der Waals surface area (Å²) < 4.78 is 5.10. The Morgan fingerprint density at radius 3 is 2.29 bits per heavy atom. The molecule has 0 bridgehead atoms. The second-order valence-corrected chi connectivity index (χ2v) is 6.97. The van der Waals surface area contributed by atoms with E-state index in [1.165, 1.54) is 19.1 Å². The van der Waals surface area contributed by atoms with E-state index < -0.39 is 18.0 Å². The highest BCUT2D eigenvalue weighted by Crippen LogP contribution is 2.26. The molecule has 28 heavy (non-hydrogen) atoms. The van der Waals surface area contributed by atoms with Crippen LogP contribution in [-0.2, 0) is 14.3 Å². The first kappa shape index (κ1) is 21.7. The molecule has 6 nitrogen and oxygen atoms in total. The highest BCUT2D eigenvalue weighted by atomic mass is 35.5. The van der Waals surface area contributed by atoms with E-state index in [2.05, 4.69) is 10.6 Å². The van der Waals surface area contributed by atoms with E-state index in [0.29, 0.717) is 5.69 Å². The van der Waals surface area contributed by atoms with Crippen LogP contribution in [0.5, 0.6) is 0 Å². The Hall–Kier alpha value is -2.57. The van der Waals surface area contributed by atoms with Crippen LogP contribution < -0.4 is 10.6 Å². The van der Waals surface area contributed by atoms with E-state index in [0.717, 1.165) is 11.1 Å². The van der Waals surface area contributed by atoms with Gasteiger partial charge in [-0.05, 0) is 44.0 Å². The van der Waals surface area contributed by atoms with Gasteiger partial charge in [0.2, 0.25) is 5.91 Å². The molecule has 0 fully saturated rings. The van der Waals surface area contributed by atoms with Crippen molar-refractivity contribution < 1.29 is 19.1 Å². The third kappa shape index (κ3) is 5.47. The summed E-state index contributed by atoms with van der Waals surface area (Å²) in [6.45, 7) is 4.90. The number of aryl methyl sites for hydroxylation is 2. The van der Waals surface area contributed by atoms with Gasteiger partial charge in [-0.1, -0.05) is 47.5 Å². The fourth-order valence-corrected chi connectivity index (χ4v) is 2.82. The predicted octanol–water partition coefficient (Wildman–Crippen LogP) is 3.91. The molecule has 0 aromatic heterocycles. The van der Waals surface area contributed by atoms with Gasteiger partial charge in [0.25, 0.3) is 5.91 Å². The molecule has 148 valence electrons. The minimum absolute atomic E-state index is 0.0507. The number of hydrogen-bond acceptors (Lipinski definition) is 4. The second-order valence-electron chi connectivity index (χ2n) is 6.18. The van der Waals surface area contributed by atoms with Crippen molar-refractivity contribution in [2.75, 3.05) is 11.9 Å². The highest BCUT2D eigenvalue weighted by Gasteiger charge is 2.21. The van der Waals surface area contributed by atoms with Gasteiger partial charge in [-0.25, -0.2) is 4.79 Å². The lowest BCUT2D eigenvalue weighted by atomic mass is 10.1. The molecule has 2 aromatic carbocycles. The molecule has 0 radical (unpaired) electrons. The zero-order valence-electron chi connectivity index (χ0n) is 15.6. The molecule has 8 heteroatoms. The monoisotopic (exact) mass is 422 g/mol. The third-order valence-corrected chi connectivity index (χ3v) is 4.81. The average Bonchev–Trinajstić information content (AvgIpc) is 2.64. The number of ether oxygens (including phenoxy) is 1. The number of amides is 2. The Bertz CT molecular complexity index is 895. The molecule has 1 atom stereocenters. The van der Waals surface area contributed by atoms with Crippen LogP contribution in [0.3, 0.4) is 0 Å². The zero-order valence-corrected chi connectivity index (χ0v) is 17.1. The number of carbonyl (C=O) groups is 3. The van der Waals surface area contributed by atoms with E-state index in [4.69, 9.17) is 27.9 Å². The minimum Gasteiger partial charge on any atom is -0.449 e.